The van der Waals surface area contributed by atoms with Gasteiger partial charge in [-0.05, 0) is 0 Å². The molecule has 0 unspecified atom stereocenters. The van der Waals surface area contributed by atoms with Gasteiger partial charge in [0.2, 0.25) is 5.89 Å². The van der Waals surface area contributed by atoms with Crippen molar-refractivity contribution in [2.45, 2.75) is 0 Å². The first-order valence-electron chi connectivity index (χ1n) is 3.86. The fourth-order valence-corrected chi connectivity index (χ4v) is 0.853. The second-order valence-electron chi connectivity index (χ2n) is 2.47. The van der Waals surface area contributed by atoms with Crippen molar-refractivity contribution in [2.75, 3.05) is 0 Å². The fourth-order valence-electron chi connectivity index (χ4n) is 0.853. The molecule has 0 saturated heterocycles. The predicted molar refractivity (Wildman–Crippen MR) is 46.3 cm³/mol. The summed E-state index contributed by atoms with van der Waals surface area (Å²) in [7, 11) is 0. The molecule has 0 fully saturated rings. The van der Waals surface area contributed by atoms with E-state index in [0.717, 1.165) is 6.08 Å². The average molecular weight is 207 g/mol. The van der Waals surface area contributed by atoms with E-state index in [0.29, 0.717) is 5.69 Å². The molecule has 2 heterocycles. The van der Waals surface area contributed by atoms with Crippen molar-refractivity contribution in [3.05, 3.63) is 18.2 Å². The number of carbonyl (C=O) groups is 1. The molecule has 0 amide bonds. The third-order valence-corrected chi connectivity index (χ3v) is 1.44. The Morgan fingerprint density at radius 3 is 3.07 bits per heavy atom. The molecule has 2 rings (SSSR count). The normalized spacial score (nSPS) is 10.9. The van der Waals surface area contributed by atoms with Gasteiger partial charge in [0.15, 0.2) is 5.69 Å². The summed E-state index contributed by atoms with van der Waals surface area (Å²) in [6.07, 6.45) is 3.51. The van der Waals surface area contributed by atoms with Crippen molar-refractivity contribution in [2.24, 2.45) is 0 Å². The summed E-state index contributed by atoms with van der Waals surface area (Å²) in [6.45, 7) is 0. The van der Waals surface area contributed by atoms with E-state index in [-0.39, 0.29) is 11.8 Å². The molecule has 0 aliphatic rings. The summed E-state index contributed by atoms with van der Waals surface area (Å²) in [6, 6.07) is 0. The van der Waals surface area contributed by atoms with Gasteiger partial charge in [-0.2, -0.15) is 15.4 Å². The molecular formula is C7H5N5O3. The number of nitrogens with zero attached hydrogens (tertiary/aromatic N) is 4. The highest BCUT2D eigenvalue weighted by atomic mass is 16.4. The lowest BCUT2D eigenvalue weighted by atomic mass is 10.5. The fraction of sp³-hybridized carbons (Fsp3) is 0. The Labute approximate surface area is 82.6 Å². The third-order valence-electron chi connectivity index (χ3n) is 1.44. The Kier molecular flexibility index (Phi) is 2.23. The van der Waals surface area contributed by atoms with E-state index in [4.69, 9.17) is 9.52 Å². The summed E-state index contributed by atoms with van der Waals surface area (Å²) in [5.74, 6) is -0.819. The lowest BCUT2D eigenvalue weighted by Gasteiger charge is -1.81. The standard InChI is InChI=1S/C7H5N5O3/c13-6(14)2-1-5-10-11-7(15-5)4-3-8-12-9-4/h1-3H,(H,13,14)(H,8,9,12)/b2-1+. The van der Waals surface area contributed by atoms with Crippen LogP contribution in [0.5, 0.6) is 0 Å². The Morgan fingerprint density at radius 2 is 2.40 bits per heavy atom. The van der Waals surface area contributed by atoms with E-state index < -0.39 is 5.97 Å². The van der Waals surface area contributed by atoms with Gasteiger partial charge in [0.1, 0.15) is 0 Å². The molecule has 2 aromatic rings. The number of carboxylic acids is 1. The number of aromatic amines is 1. The van der Waals surface area contributed by atoms with Crippen molar-refractivity contribution in [3.63, 3.8) is 0 Å². The largest absolute Gasteiger partial charge is 0.478 e. The zero-order chi connectivity index (χ0) is 10.7. The highest BCUT2D eigenvalue weighted by Crippen LogP contribution is 2.13. The second kappa shape index (κ2) is 3.70. The zero-order valence-corrected chi connectivity index (χ0v) is 7.28. The lowest BCUT2D eigenvalue weighted by Crippen LogP contribution is -1.85. The minimum atomic E-state index is -1.09. The van der Waals surface area contributed by atoms with Gasteiger partial charge in [-0.15, -0.1) is 10.2 Å². The van der Waals surface area contributed by atoms with Crippen molar-refractivity contribution in [1.29, 1.82) is 0 Å². The third kappa shape index (κ3) is 2.05. The minimum absolute atomic E-state index is 0.0930. The molecule has 0 saturated carbocycles. The van der Waals surface area contributed by atoms with E-state index in [1.807, 2.05) is 0 Å². The number of aliphatic carboxylic acids is 1. The van der Waals surface area contributed by atoms with E-state index in [2.05, 4.69) is 25.6 Å². The number of hydrogen-bond acceptors (Lipinski definition) is 6. The average Bonchev–Trinajstić information content (AvgIpc) is 2.85. The van der Waals surface area contributed by atoms with Crippen molar-refractivity contribution < 1.29 is 14.3 Å². The topological polar surface area (TPSA) is 118 Å². The number of nitrogens with one attached hydrogen (secondary N) is 1. The Balaban J connectivity index is 2.21. The maximum atomic E-state index is 10.2. The number of rotatable bonds is 3. The van der Waals surface area contributed by atoms with Crippen LogP contribution in [0.3, 0.4) is 0 Å². The first-order valence-corrected chi connectivity index (χ1v) is 3.86. The molecule has 8 heteroatoms. The second-order valence-corrected chi connectivity index (χ2v) is 2.47. The van der Waals surface area contributed by atoms with E-state index >= 15 is 0 Å². The van der Waals surface area contributed by atoms with Crippen LogP contribution in [0, 0.1) is 0 Å². The van der Waals surface area contributed by atoms with Crippen LogP contribution in [0.25, 0.3) is 17.7 Å². The molecule has 2 aromatic heterocycles. The van der Waals surface area contributed by atoms with Crippen LogP contribution in [-0.4, -0.2) is 36.7 Å². The highest BCUT2D eigenvalue weighted by Gasteiger charge is 2.08. The minimum Gasteiger partial charge on any atom is -0.478 e. The summed E-state index contributed by atoms with van der Waals surface area (Å²) in [5, 5.41) is 25.3. The Morgan fingerprint density at radius 1 is 1.53 bits per heavy atom. The first-order chi connectivity index (χ1) is 7.25. The van der Waals surface area contributed by atoms with Gasteiger partial charge in [0.25, 0.3) is 5.89 Å². The molecule has 0 bridgehead atoms. The van der Waals surface area contributed by atoms with Gasteiger partial charge >= 0.3 is 5.97 Å². The number of hydrogen-bond donors (Lipinski definition) is 2. The Bertz CT molecular complexity index is 486. The molecule has 0 aromatic carbocycles. The van der Waals surface area contributed by atoms with Gasteiger partial charge in [-0.25, -0.2) is 4.79 Å². The summed E-state index contributed by atoms with van der Waals surface area (Å²) in [4.78, 5) is 10.2. The van der Waals surface area contributed by atoms with Crippen molar-refractivity contribution >= 4 is 12.0 Å². The molecule has 0 aliphatic carbocycles. The maximum Gasteiger partial charge on any atom is 0.328 e. The van der Waals surface area contributed by atoms with Gasteiger partial charge in [-0.1, -0.05) is 0 Å². The summed E-state index contributed by atoms with van der Waals surface area (Å²) in [5.41, 5.74) is 0.400. The maximum absolute atomic E-state index is 10.2. The van der Waals surface area contributed by atoms with Crippen molar-refractivity contribution in [1.82, 2.24) is 25.6 Å². The lowest BCUT2D eigenvalue weighted by molar-refractivity contribution is -0.131. The van der Waals surface area contributed by atoms with Crippen LogP contribution in [0.4, 0.5) is 0 Å². The van der Waals surface area contributed by atoms with Crippen LogP contribution < -0.4 is 0 Å². The molecule has 76 valence electrons. The first kappa shape index (κ1) is 9.06. The summed E-state index contributed by atoms with van der Waals surface area (Å²) < 4.78 is 5.08. The van der Waals surface area contributed by atoms with Gasteiger partial charge in [0.05, 0.1) is 6.20 Å². The summed E-state index contributed by atoms with van der Waals surface area (Å²) >= 11 is 0. The molecule has 2 N–H and O–H groups in total. The SMILES string of the molecule is O=C(O)/C=C/c1nnc(-c2cn[nH]n2)o1. The monoisotopic (exact) mass is 207 g/mol. The molecule has 8 nitrogen and oxygen atoms in total. The molecule has 0 radical (unpaired) electrons. The number of H-pyrrole nitrogens is 1. The highest BCUT2D eigenvalue weighted by molar-refractivity contribution is 5.84. The number of carboxylic acid groups (broad SMARTS) is 1. The van der Waals surface area contributed by atoms with Crippen LogP contribution in [0.1, 0.15) is 5.89 Å². The molecule has 0 spiro atoms. The smallest absolute Gasteiger partial charge is 0.328 e. The van der Waals surface area contributed by atoms with Gasteiger partial charge < -0.3 is 9.52 Å². The van der Waals surface area contributed by atoms with Crippen LogP contribution in [0.2, 0.25) is 0 Å². The molecular weight excluding hydrogens is 202 g/mol. The quantitative estimate of drug-likeness (QED) is 0.677. The van der Waals surface area contributed by atoms with E-state index in [9.17, 15) is 4.79 Å². The number of aromatic nitrogens is 5. The zero-order valence-electron chi connectivity index (χ0n) is 7.28. The van der Waals surface area contributed by atoms with Crippen LogP contribution >= 0.6 is 0 Å². The Hall–Kier alpha value is -2.51. The van der Waals surface area contributed by atoms with Gasteiger partial charge in [0, 0.05) is 12.2 Å². The van der Waals surface area contributed by atoms with E-state index in [1.54, 1.807) is 0 Å². The van der Waals surface area contributed by atoms with Crippen molar-refractivity contribution in [3.8, 4) is 11.6 Å². The van der Waals surface area contributed by atoms with Gasteiger partial charge in [-0.3, -0.25) is 0 Å². The van der Waals surface area contributed by atoms with Crippen LogP contribution in [0.15, 0.2) is 16.7 Å². The predicted octanol–water partition coefficient (Wildman–Crippen LogP) is -0.0475. The molecule has 0 atom stereocenters. The van der Waals surface area contributed by atoms with E-state index in [1.165, 1.54) is 12.3 Å². The van der Waals surface area contributed by atoms with Crippen LogP contribution in [-0.2, 0) is 4.79 Å². The molecule has 0 aliphatic heterocycles. The molecule has 15 heavy (non-hydrogen) atoms.